The number of nitrogens with one attached hydrogen (secondary N) is 1. The molecule has 0 aliphatic rings. The molecule has 1 unspecified atom stereocenters. The number of likely N-dealkylation sites (N-methyl/N-ethyl adjacent to an activating group) is 1. The lowest BCUT2D eigenvalue weighted by Gasteiger charge is -2.21. The Morgan fingerprint density at radius 3 is 2.47 bits per heavy atom. The number of rotatable bonds is 3. The van der Waals surface area contributed by atoms with E-state index in [1.807, 2.05) is 26.2 Å². The molecule has 0 radical (unpaired) electrons. The summed E-state index contributed by atoms with van der Waals surface area (Å²) >= 11 is 1.33. The molecule has 0 fully saturated rings. The van der Waals surface area contributed by atoms with Crippen molar-refractivity contribution in [2.45, 2.75) is 39.2 Å². The fraction of sp³-hybridized carbons (Fsp3) is 0.583. The number of carbonyl (C=O) groups excluding carboxylic acids is 1. The van der Waals surface area contributed by atoms with Crippen molar-refractivity contribution in [3.05, 3.63) is 11.1 Å². The molecular weight excluding hydrogens is 266 g/mol. The van der Waals surface area contributed by atoms with Gasteiger partial charge < -0.3 is 10.0 Å². The molecule has 106 valence electrons. The molecule has 1 atom stereocenters. The van der Waals surface area contributed by atoms with Gasteiger partial charge in [-0.25, -0.2) is 14.6 Å². The Labute approximate surface area is 116 Å². The molecule has 7 heteroatoms. The maximum absolute atomic E-state index is 11.8. The van der Waals surface area contributed by atoms with E-state index in [4.69, 9.17) is 5.11 Å². The van der Waals surface area contributed by atoms with E-state index in [1.54, 1.807) is 0 Å². The highest BCUT2D eigenvalue weighted by Crippen LogP contribution is 2.26. The number of urea groups is 1. The Balaban J connectivity index is 2.72. The molecule has 0 saturated heterocycles. The van der Waals surface area contributed by atoms with Gasteiger partial charge in [0.15, 0.2) is 5.13 Å². The number of carboxylic acid groups (broad SMARTS) is 1. The van der Waals surface area contributed by atoms with E-state index in [-0.39, 0.29) is 5.41 Å². The maximum Gasteiger partial charge on any atom is 0.326 e. The normalized spacial score (nSPS) is 12.9. The predicted molar refractivity (Wildman–Crippen MR) is 74.7 cm³/mol. The number of thiazole rings is 1. The predicted octanol–water partition coefficient (Wildman–Crippen LogP) is 2.38. The summed E-state index contributed by atoms with van der Waals surface area (Å²) in [5.74, 6) is -1.05. The molecule has 0 spiro atoms. The highest BCUT2D eigenvalue weighted by molar-refractivity contribution is 7.13. The van der Waals surface area contributed by atoms with Crippen LogP contribution in [0.3, 0.4) is 0 Å². The summed E-state index contributed by atoms with van der Waals surface area (Å²) in [7, 11) is 1.44. The molecule has 1 heterocycles. The third-order valence-electron chi connectivity index (χ3n) is 2.75. The van der Waals surface area contributed by atoms with Crippen LogP contribution in [0.5, 0.6) is 0 Å². The van der Waals surface area contributed by atoms with Crippen molar-refractivity contribution in [3.8, 4) is 0 Å². The average Bonchev–Trinajstić information content (AvgIpc) is 2.74. The first-order valence-electron chi connectivity index (χ1n) is 5.85. The van der Waals surface area contributed by atoms with Gasteiger partial charge >= 0.3 is 12.0 Å². The zero-order valence-corrected chi connectivity index (χ0v) is 12.5. The molecule has 0 bridgehead atoms. The van der Waals surface area contributed by atoms with E-state index in [0.717, 1.165) is 10.6 Å². The third kappa shape index (κ3) is 3.92. The molecule has 2 N–H and O–H groups in total. The number of carbonyl (C=O) groups is 2. The lowest BCUT2D eigenvalue weighted by molar-refractivity contribution is -0.141. The fourth-order valence-corrected chi connectivity index (χ4v) is 2.12. The molecule has 6 nitrogen and oxygen atoms in total. The molecule has 2 amide bonds. The zero-order chi connectivity index (χ0) is 14.8. The van der Waals surface area contributed by atoms with Crippen LogP contribution in [0.2, 0.25) is 0 Å². The SMILES string of the molecule is CC(C(=O)O)N(C)C(=O)Nc1nc(C(C)(C)C)cs1. The summed E-state index contributed by atoms with van der Waals surface area (Å²) in [4.78, 5) is 28.1. The van der Waals surface area contributed by atoms with Crippen LogP contribution in [-0.2, 0) is 10.2 Å². The molecular formula is C12H19N3O3S. The Morgan fingerprint density at radius 2 is 2.05 bits per heavy atom. The van der Waals surface area contributed by atoms with Gasteiger partial charge in [0.05, 0.1) is 5.69 Å². The minimum Gasteiger partial charge on any atom is -0.480 e. The second-order valence-electron chi connectivity index (χ2n) is 5.34. The van der Waals surface area contributed by atoms with Crippen LogP contribution < -0.4 is 5.32 Å². The summed E-state index contributed by atoms with van der Waals surface area (Å²) in [5, 5.41) is 13.8. The van der Waals surface area contributed by atoms with Gasteiger partial charge in [-0.1, -0.05) is 20.8 Å². The molecule has 0 saturated carbocycles. The minimum atomic E-state index is -1.05. The second kappa shape index (κ2) is 5.56. The van der Waals surface area contributed by atoms with E-state index >= 15 is 0 Å². The quantitative estimate of drug-likeness (QED) is 0.893. The number of hydrogen-bond donors (Lipinski definition) is 2. The molecule has 0 aromatic carbocycles. The lowest BCUT2D eigenvalue weighted by Crippen LogP contribution is -2.42. The van der Waals surface area contributed by atoms with Gasteiger partial charge in [-0.05, 0) is 6.92 Å². The number of anilines is 1. The average molecular weight is 285 g/mol. The van der Waals surface area contributed by atoms with Gasteiger partial charge in [0, 0.05) is 17.8 Å². The summed E-state index contributed by atoms with van der Waals surface area (Å²) in [6.07, 6.45) is 0. The van der Waals surface area contributed by atoms with E-state index in [0.29, 0.717) is 5.13 Å². The van der Waals surface area contributed by atoms with E-state index in [2.05, 4.69) is 10.3 Å². The highest BCUT2D eigenvalue weighted by Gasteiger charge is 2.23. The van der Waals surface area contributed by atoms with Gasteiger partial charge in [-0.2, -0.15) is 0 Å². The number of amides is 2. The molecule has 1 rings (SSSR count). The van der Waals surface area contributed by atoms with Gasteiger partial charge in [0.2, 0.25) is 0 Å². The highest BCUT2D eigenvalue weighted by atomic mass is 32.1. The monoisotopic (exact) mass is 285 g/mol. The summed E-state index contributed by atoms with van der Waals surface area (Å²) in [6.45, 7) is 7.55. The molecule has 19 heavy (non-hydrogen) atoms. The van der Waals surface area contributed by atoms with Gasteiger partial charge in [-0.15, -0.1) is 11.3 Å². The van der Waals surface area contributed by atoms with Gasteiger partial charge in [0.1, 0.15) is 6.04 Å². The van der Waals surface area contributed by atoms with Crippen LogP contribution in [0.15, 0.2) is 5.38 Å². The number of nitrogens with zero attached hydrogens (tertiary/aromatic N) is 2. The summed E-state index contributed by atoms with van der Waals surface area (Å²) in [6, 6.07) is -1.37. The largest absolute Gasteiger partial charge is 0.480 e. The maximum atomic E-state index is 11.8. The van der Waals surface area contributed by atoms with E-state index < -0.39 is 18.0 Å². The number of aliphatic carboxylic acids is 1. The van der Waals surface area contributed by atoms with E-state index in [9.17, 15) is 9.59 Å². The number of carboxylic acids is 1. The van der Waals surface area contributed by atoms with Crippen LogP contribution in [0, 0.1) is 0 Å². The van der Waals surface area contributed by atoms with Crippen LogP contribution in [0.4, 0.5) is 9.93 Å². The van der Waals surface area contributed by atoms with Gasteiger partial charge in [-0.3, -0.25) is 5.32 Å². The third-order valence-corrected chi connectivity index (χ3v) is 3.50. The van der Waals surface area contributed by atoms with Gasteiger partial charge in [0.25, 0.3) is 0 Å². The van der Waals surface area contributed by atoms with Crippen molar-refractivity contribution < 1.29 is 14.7 Å². The first kappa shape index (κ1) is 15.4. The second-order valence-corrected chi connectivity index (χ2v) is 6.20. The van der Waals surface area contributed by atoms with Crippen LogP contribution in [0.1, 0.15) is 33.4 Å². The van der Waals surface area contributed by atoms with Crippen molar-refractivity contribution in [2.75, 3.05) is 12.4 Å². The Hall–Kier alpha value is -1.63. The number of aromatic nitrogens is 1. The van der Waals surface area contributed by atoms with Crippen LogP contribution in [-0.4, -0.2) is 40.1 Å². The minimum absolute atomic E-state index is 0.0836. The fourth-order valence-electron chi connectivity index (χ4n) is 1.20. The topological polar surface area (TPSA) is 82.5 Å². The molecule has 1 aromatic heterocycles. The zero-order valence-electron chi connectivity index (χ0n) is 11.7. The van der Waals surface area contributed by atoms with Crippen molar-refractivity contribution >= 4 is 28.5 Å². The van der Waals surface area contributed by atoms with Crippen molar-refractivity contribution in [2.24, 2.45) is 0 Å². The van der Waals surface area contributed by atoms with Crippen molar-refractivity contribution in [3.63, 3.8) is 0 Å². The Morgan fingerprint density at radius 1 is 1.47 bits per heavy atom. The first-order chi connectivity index (χ1) is 8.62. The van der Waals surface area contributed by atoms with Crippen LogP contribution >= 0.6 is 11.3 Å². The molecule has 1 aromatic rings. The first-order valence-corrected chi connectivity index (χ1v) is 6.73. The number of hydrogen-bond acceptors (Lipinski definition) is 4. The van der Waals surface area contributed by atoms with E-state index in [1.165, 1.54) is 25.3 Å². The van der Waals surface area contributed by atoms with Crippen molar-refractivity contribution in [1.82, 2.24) is 9.88 Å². The Bertz CT molecular complexity index is 479. The molecule has 0 aliphatic carbocycles. The van der Waals surface area contributed by atoms with Crippen molar-refractivity contribution in [1.29, 1.82) is 0 Å². The summed E-state index contributed by atoms with van der Waals surface area (Å²) < 4.78 is 0. The standard InChI is InChI=1S/C12H19N3O3S/c1-7(9(16)17)15(5)11(18)14-10-13-8(6-19-10)12(2,3)4/h6-7H,1-5H3,(H,16,17)(H,13,14,18). The Kier molecular flexibility index (Phi) is 4.52. The molecule has 0 aliphatic heterocycles. The van der Waals surface area contributed by atoms with Crippen LogP contribution in [0.25, 0.3) is 0 Å². The lowest BCUT2D eigenvalue weighted by atomic mass is 9.93. The summed E-state index contributed by atoms with van der Waals surface area (Å²) in [5.41, 5.74) is 0.807. The smallest absolute Gasteiger partial charge is 0.326 e.